The van der Waals surface area contributed by atoms with E-state index in [1.54, 1.807) is 0 Å². The quantitative estimate of drug-likeness (QED) is 0.404. The van der Waals surface area contributed by atoms with Crippen LogP contribution < -0.4 is 5.32 Å². The molecule has 2 N–H and O–H groups in total. The molecule has 9 heavy (non-hydrogen) atoms. The van der Waals surface area contributed by atoms with Crippen molar-refractivity contribution in [3.63, 3.8) is 0 Å². The minimum atomic E-state index is -0.167. The van der Waals surface area contributed by atoms with Crippen LogP contribution in [0.15, 0.2) is 0 Å². The van der Waals surface area contributed by atoms with Gasteiger partial charge in [0.1, 0.15) is 6.29 Å². The van der Waals surface area contributed by atoms with Crippen molar-refractivity contribution in [1.82, 2.24) is 5.32 Å². The summed E-state index contributed by atoms with van der Waals surface area (Å²) in [6.07, 6.45) is 2.57. The lowest BCUT2D eigenvalue weighted by Crippen LogP contribution is -2.30. The first-order chi connectivity index (χ1) is 4.35. The van der Waals surface area contributed by atoms with Crippen molar-refractivity contribution >= 4 is 6.29 Å². The van der Waals surface area contributed by atoms with Crippen LogP contribution in [0, 0.1) is 0 Å². The summed E-state index contributed by atoms with van der Waals surface area (Å²) in [5, 5.41) is 10.9. The topological polar surface area (TPSA) is 49.3 Å². The van der Waals surface area contributed by atoms with E-state index in [0.717, 1.165) is 19.1 Å². The fraction of sp³-hybridized carbons (Fsp3) is 0.833. The lowest BCUT2D eigenvalue weighted by atomic mass is 10.2. The smallest absolute Gasteiger partial charge is 0.136 e. The molecule has 0 saturated heterocycles. The SMILES string of the molecule is CCC[C@@H](C=O)NCO. The highest BCUT2D eigenvalue weighted by Gasteiger charge is 2.01. The molecule has 0 aliphatic heterocycles. The monoisotopic (exact) mass is 131 g/mol. The van der Waals surface area contributed by atoms with Gasteiger partial charge in [-0.1, -0.05) is 13.3 Å². The summed E-state index contributed by atoms with van der Waals surface area (Å²) in [6, 6.07) is -0.167. The Hall–Kier alpha value is -0.410. The summed E-state index contributed by atoms with van der Waals surface area (Å²) in [6.45, 7) is 1.87. The van der Waals surface area contributed by atoms with E-state index in [9.17, 15) is 4.79 Å². The van der Waals surface area contributed by atoms with Crippen molar-refractivity contribution in [1.29, 1.82) is 0 Å². The van der Waals surface area contributed by atoms with Gasteiger partial charge in [-0.05, 0) is 6.42 Å². The number of rotatable bonds is 5. The van der Waals surface area contributed by atoms with Crippen LogP contribution >= 0.6 is 0 Å². The normalized spacial score (nSPS) is 13.1. The molecule has 0 radical (unpaired) electrons. The molecule has 0 aromatic carbocycles. The number of carbonyl (C=O) groups excluding carboxylic acids is 1. The number of carbonyl (C=O) groups is 1. The molecule has 0 aromatic rings. The largest absolute Gasteiger partial charge is 0.381 e. The van der Waals surface area contributed by atoms with Crippen LogP contribution in [0.1, 0.15) is 19.8 Å². The highest BCUT2D eigenvalue weighted by Crippen LogP contribution is 1.91. The molecule has 0 heterocycles. The van der Waals surface area contributed by atoms with Crippen LogP contribution in [0.2, 0.25) is 0 Å². The third-order valence-corrected chi connectivity index (χ3v) is 1.12. The van der Waals surface area contributed by atoms with E-state index >= 15 is 0 Å². The molecule has 3 nitrogen and oxygen atoms in total. The average molecular weight is 131 g/mol. The number of hydrogen-bond donors (Lipinski definition) is 2. The van der Waals surface area contributed by atoms with Gasteiger partial charge in [0, 0.05) is 0 Å². The molecule has 0 unspecified atom stereocenters. The van der Waals surface area contributed by atoms with Crippen molar-refractivity contribution in [3.8, 4) is 0 Å². The maximum Gasteiger partial charge on any atom is 0.136 e. The van der Waals surface area contributed by atoms with Crippen LogP contribution in [-0.2, 0) is 4.79 Å². The number of aliphatic hydroxyl groups is 1. The Morgan fingerprint density at radius 1 is 1.78 bits per heavy atom. The summed E-state index contributed by atoms with van der Waals surface area (Å²) in [4.78, 5) is 10.1. The van der Waals surface area contributed by atoms with E-state index in [1.807, 2.05) is 6.92 Å². The zero-order valence-corrected chi connectivity index (χ0v) is 5.63. The molecule has 3 heteroatoms. The van der Waals surface area contributed by atoms with Crippen molar-refractivity contribution < 1.29 is 9.90 Å². The van der Waals surface area contributed by atoms with E-state index in [-0.39, 0.29) is 12.8 Å². The van der Waals surface area contributed by atoms with Gasteiger partial charge in [0.2, 0.25) is 0 Å². The van der Waals surface area contributed by atoms with E-state index in [1.165, 1.54) is 0 Å². The minimum absolute atomic E-state index is 0.122. The summed E-state index contributed by atoms with van der Waals surface area (Å²) in [5.41, 5.74) is 0. The summed E-state index contributed by atoms with van der Waals surface area (Å²) in [5.74, 6) is 0. The average Bonchev–Trinajstić information content (AvgIpc) is 1.88. The first-order valence-electron chi connectivity index (χ1n) is 3.14. The second kappa shape index (κ2) is 5.72. The minimum Gasteiger partial charge on any atom is -0.381 e. The Labute approximate surface area is 55.1 Å². The molecule has 0 saturated carbocycles. The summed E-state index contributed by atoms with van der Waals surface area (Å²) in [7, 11) is 0. The van der Waals surface area contributed by atoms with Crippen molar-refractivity contribution in [3.05, 3.63) is 0 Å². The van der Waals surface area contributed by atoms with E-state index in [0.29, 0.717) is 0 Å². The fourth-order valence-electron chi connectivity index (χ4n) is 0.646. The van der Waals surface area contributed by atoms with E-state index < -0.39 is 0 Å². The predicted octanol–water partition coefficient (Wildman–Crippen LogP) is -0.107. The molecule has 0 rings (SSSR count). The lowest BCUT2D eigenvalue weighted by molar-refractivity contribution is -0.110. The van der Waals surface area contributed by atoms with Crippen LogP contribution in [-0.4, -0.2) is 24.2 Å². The van der Waals surface area contributed by atoms with Crippen LogP contribution in [0.3, 0.4) is 0 Å². The number of aliphatic hydroxyl groups excluding tert-OH is 1. The third-order valence-electron chi connectivity index (χ3n) is 1.12. The van der Waals surface area contributed by atoms with E-state index in [2.05, 4.69) is 5.32 Å². The molecular formula is C6H13NO2. The Morgan fingerprint density at radius 3 is 2.78 bits per heavy atom. The van der Waals surface area contributed by atoms with Crippen LogP contribution in [0.25, 0.3) is 0 Å². The van der Waals surface area contributed by atoms with Gasteiger partial charge in [0.25, 0.3) is 0 Å². The third kappa shape index (κ3) is 4.12. The van der Waals surface area contributed by atoms with Crippen LogP contribution in [0.4, 0.5) is 0 Å². The van der Waals surface area contributed by atoms with Gasteiger partial charge < -0.3 is 9.90 Å². The second-order valence-corrected chi connectivity index (χ2v) is 1.89. The van der Waals surface area contributed by atoms with Crippen molar-refractivity contribution in [2.45, 2.75) is 25.8 Å². The van der Waals surface area contributed by atoms with Gasteiger partial charge >= 0.3 is 0 Å². The standard InChI is InChI=1S/C6H13NO2/c1-2-3-6(4-8)7-5-9/h4,6-7,9H,2-3,5H2,1H3/t6-/m0/s1. The summed E-state index contributed by atoms with van der Waals surface area (Å²) < 4.78 is 0. The molecule has 54 valence electrons. The molecule has 0 aliphatic carbocycles. The molecule has 0 fully saturated rings. The molecule has 0 aliphatic rings. The zero-order chi connectivity index (χ0) is 7.11. The first-order valence-corrected chi connectivity index (χ1v) is 3.14. The molecule has 0 spiro atoms. The van der Waals surface area contributed by atoms with Gasteiger partial charge in [-0.25, -0.2) is 0 Å². The zero-order valence-electron chi connectivity index (χ0n) is 5.63. The molecule has 0 aromatic heterocycles. The lowest BCUT2D eigenvalue weighted by Gasteiger charge is -2.06. The van der Waals surface area contributed by atoms with Crippen molar-refractivity contribution in [2.24, 2.45) is 0 Å². The van der Waals surface area contributed by atoms with Gasteiger partial charge in [0.15, 0.2) is 0 Å². The Balaban J connectivity index is 3.29. The Morgan fingerprint density at radius 2 is 2.44 bits per heavy atom. The number of aldehydes is 1. The highest BCUT2D eigenvalue weighted by molar-refractivity contribution is 5.57. The Kier molecular flexibility index (Phi) is 5.46. The maximum atomic E-state index is 10.1. The number of hydrogen-bond acceptors (Lipinski definition) is 3. The molecular weight excluding hydrogens is 118 g/mol. The molecule has 0 amide bonds. The summed E-state index contributed by atoms with van der Waals surface area (Å²) >= 11 is 0. The maximum absolute atomic E-state index is 10.1. The Bertz CT molecular complexity index is 69.5. The van der Waals surface area contributed by atoms with Gasteiger partial charge in [-0.2, -0.15) is 0 Å². The van der Waals surface area contributed by atoms with Gasteiger partial charge in [-0.15, -0.1) is 0 Å². The van der Waals surface area contributed by atoms with Crippen molar-refractivity contribution in [2.75, 3.05) is 6.73 Å². The predicted molar refractivity (Wildman–Crippen MR) is 35.0 cm³/mol. The first kappa shape index (κ1) is 8.59. The van der Waals surface area contributed by atoms with E-state index in [4.69, 9.17) is 5.11 Å². The van der Waals surface area contributed by atoms with Gasteiger partial charge in [-0.3, -0.25) is 5.32 Å². The van der Waals surface area contributed by atoms with Crippen LogP contribution in [0.5, 0.6) is 0 Å². The number of nitrogens with one attached hydrogen (secondary N) is 1. The fourth-order valence-corrected chi connectivity index (χ4v) is 0.646. The highest BCUT2D eigenvalue weighted by atomic mass is 16.3. The second-order valence-electron chi connectivity index (χ2n) is 1.89. The molecule has 1 atom stereocenters. The molecule has 0 bridgehead atoms. The van der Waals surface area contributed by atoms with Gasteiger partial charge in [0.05, 0.1) is 12.8 Å².